The second-order valence-corrected chi connectivity index (χ2v) is 10.2. The van der Waals surface area contributed by atoms with Crippen LogP contribution in [0.4, 0.5) is 4.39 Å². The fourth-order valence-electron chi connectivity index (χ4n) is 3.40. The molecule has 3 aromatic rings. The van der Waals surface area contributed by atoms with E-state index < -0.39 is 31.9 Å². The van der Waals surface area contributed by atoms with Gasteiger partial charge in [0.05, 0.1) is 12.0 Å². The summed E-state index contributed by atoms with van der Waals surface area (Å²) in [5, 5.41) is 9.13. The summed E-state index contributed by atoms with van der Waals surface area (Å²) in [4.78, 5) is 29.1. The Balaban J connectivity index is 1.97. The Bertz CT molecular complexity index is 1360. The average Bonchev–Trinajstić information content (AvgIpc) is 2.79. The molecule has 0 radical (unpaired) electrons. The molecule has 1 unspecified atom stereocenters. The van der Waals surface area contributed by atoms with Crippen LogP contribution in [-0.2, 0) is 21.2 Å². The topological polar surface area (TPSA) is 128 Å². The molecule has 1 amide bonds. The number of amides is 1. The van der Waals surface area contributed by atoms with E-state index in [0.717, 1.165) is 23.9 Å². The predicted molar refractivity (Wildman–Crippen MR) is 120 cm³/mol. The number of pyridine rings is 2. The van der Waals surface area contributed by atoms with Crippen molar-refractivity contribution < 1.29 is 27.5 Å². The molecule has 0 aliphatic rings. The van der Waals surface area contributed by atoms with E-state index in [1.54, 1.807) is 24.4 Å². The molecule has 9 nitrogen and oxygen atoms in total. The average molecular weight is 478 g/mol. The summed E-state index contributed by atoms with van der Waals surface area (Å²) in [6.07, 6.45) is 3.07. The smallest absolute Gasteiger partial charge is 0.264 e. The van der Waals surface area contributed by atoms with Crippen molar-refractivity contribution in [3.05, 3.63) is 58.9 Å². The highest BCUT2D eigenvalue weighted by Gasteiger charge is 2.43. The van der Waals surface area contributed by atoms with Crippen LogP contribution in [0.2, 0.25) is 0 Å². The Hall–Kier alpha value is -3.31. The number of benzene rings is 1. The number of nitrogens with zero attached hydrogens (tertiary/aromatic N) is 2. The molecule has 3 rings (SSSR count). The maximum Gasteiger partial charge on any atom is 0.264 e. The fraction of sp³-hybridized carbons (Fsp3) is 0.318. The highest BCUT2D eigenvalue weighted by atomic mass is 32.2. The van der Waals surface area contributed by atoms with Crippen LogP contribution in [0.15, 0.2) is 47.5 Å². The number of aromatic nitrogens is 2. The van der Waals surface area contributed by atoms with Gasteiger partial charge in [-0.25, -0.2) is 23.3 Å². The standard InChI is InChI=1S/C22H24FN3O6S/c1-4-32-19-8-6-15(12-24-19)14-5-7-16-17(11-14)18(23)13-26(20(16)27)10-9-22(2,21(28)25-29)33(3,30)31/h5-8,11-13,29H,4,9-10H2,1-3H3,(H,25,28). The summed E-state index contributed by atoms with van der Waals surface area (Å²) >= 11 is 0. The summed E-state index contributed by atoms with van der Waals surface area (Å²) in [7, 11) is -3.95. The first-order valence-electron chi connectivity index (χ1n) is 10.1. The van der Waals surface area contributed by atoms with Gasteiger partial charge in [-0.05, 0) is 44.0 Å². The van der Waals surface area contributed by atoms with Crippen LogP contribution in [0.5, 0.6) is 5.88 Å². The minimum absolute atomic E-state index is 0.0987. The summed E-state index contributed by atoms with van der Waals surface area (Å²) in [6, 6.07) is 8.15. The Morgan fingerprint density at radius 3 is 2.52 bits per heavy atom. The molecule has 0 saturated carbocycles. The Morgan fingerprint density at radius 2 is 1.94 bits per heavy atom. The number of hydrogen-bond donors (Lipinski definition) is 2. The molecule has 11 heteroatoms. The third kappa shape index (κ3) is 4.74. The van der Waals surface area contributed by atoms with Gasteiger partial charge in [0.2, 0.25) is 5.88 Å². The van der Waals surface area contributed by atoms with Gasteiger partial charge in [-0.1, -0.05) is 6.07 Å². The van der Waals surface area contributed by atoms with Gasteiger partial charge >= 0.3 is 0 Å². The van der Waals surface area contributed by atoms with Crippen molar-refractivity contribution in [1.29, 1.82) is 0 Å². The van der Waals surface area contributed by atoms with Crippen molar-refractivity contribution in [1.82, 2.24) is 15.0 Å². The molecule has 176 valence electrons. The molecule has 0 aliphatic heterocycles. The van der Waals surface area contributed by atoms with E-state index in [1.165, 1.54) is 17.6 Å². The Kier molecular flexibility index (Phi) is 6.84. The molecule has 2 heterocycles. The van der Waals surface area contributed by atoms with Crippen molar-refractivity contribution in [2.75, 3.05) is 12.9 Å². The largest absolute Gasteiger partial charge is 0.478 e. The van der Waals surface area contributed by atoms with Gasteiger partial charge in [0, 0.05) is 42.2 Å². The molecule has 0 spiro atoms. The van der Waals surface area contributed by atoms with Gasteiger partial charge in [0.15, 0.2) is 14.6 Å². The van der Waals surface area contributed by atoms with E-state index in [0.29, 0.717) is 23.6 Å². The van der Waals surface area contributed by atoms with Crippen molar-refractivity contribution in [3.63, 3.8) is 0 Å². The molecule has 0 fully saturated rings. The highest BCUT2D eigenvalue weighted by Crippen LogP contribution is 2.26. The number of rotatable bonds is 8. The second-order valence-electron chi connectivity index (χ2n) is 7.75. The van der Waals surface area contributed by atoms with Crippen LogP contribution < -0.4 is 15.8 Å². The predicted octanol–water partition coefficient (Wildman–Crippen LogP) is 2.30. The first-order chi connectivity index (χ1) is 15.5. The number of ether oxygens (including phenoxy) is 1. The van der Waals surface area contributed by atoms with Gasteiger partial charge in [-0.15, -0.1) is 0 Å². The molecule has 0 aliphatic carbocycles. The number of fused-ring (bicyclic) bond motifs is 1. The number of carbonyl (C=O) groups is 1. The van der Waals surface area contributed by atoms with Crippen LogP contribution in [0, 0.1) is 5.82 Å². The zero-order chi connectivity index (χ0) is 24.4. The van der Waals surface area contributed by atoms with E-state index in [1.807, 2.05) is 6.92 Å². The molecular formula is C22H24FN3O6S. The van der Waals surface area contributed by atoms with E-state index in [9.17, 15) is 22.4 Å². The summed E-state index contributed by atoms with van der Waals surface area (Å²) in [5.41, 5.74) is 2.17. The molecule has 1 aromatic carbocycles. The van der Waals surface area contributed by atoms with Gasteiger partial charge in [-0.3, -0.25) is 14.8 Å². The third-order valence-corrected chi connectivity index (χ3v) is 7.66. The van der Waals surface area contributed by atoms with Crippen LogP contribution in [0.3, 0.4) is 0 Å². The molecular weight excluding hydrogens is 453 g/mol. The number of nitrogens with one attached hydrogen (secondary N) is 1. The zero-order valence-electron chi connectivity index (χ0n) is 18.3. The normalized spacial score (nSPS) is 13.5. The lowest BCUT2D eigenvalue weighted by Crippen LogP contribution is -2.50. The van der Waals surface area contributed by atoms with E-state index in [2.05, 4.69) is 4.98 Å². The van der Waals surface area contributed by atoms with Crippen molar-refractivity contribution in [3.8, 4) is 17.0 Å². The zero-order valence-corrected chi connectivity index (χ0v) is 19.1. The lowest BCUT2D eigenvalue weighted by Gasteiger charge is -2.25. The fourth-order valence-corrected chi connectivity index (χ4v) is 4.24. The van der Waals surface area contributed by atoms with Crippen LogP contribution in [0.25, 0.3) is 21.9 Å². The number of halogens is 1. The maximum atomic E-state index is 14.9. The summed E-state index contributed by atoms with van der Waals surface area (Å²) in [6.45, 7) is 3.20. The number of hydroxylamine groups is 1. The maximum absolute atomic E-state index is 14.9. The van der Waals surface area contributed by atoms with E-state index in [-0.39, 0.29) is 23.7 Å². The van der Waals surface area contributed by atoms with Gasteiger partial charge in [0.1, 0.15) is 5.82 Å². The van der Waals surface area contributed by atoms with E-state index in [4.69, 9.17) is 9.94 Å². The van der Waals surface area contributed by atoms with Gasteiger partial charge < -0.3 is 9.30 Å². The second kappa shape index (κ2) is 9.28. The summed E-state index contributed by atoms with van der Waals surface area (Å²) in [5.74, 6) is -1.35. The number of aryl methyl sites for hydroxylation is 1. The molecule has 2 aromatic heterocycles. The van der Waals surface area contributed by atoms with Crippen molar-refractivity contribution in [2.24, 2.45) is 0 Å². The number of carbonyl (C=O) groups excluding carboxylic acids is 1. The monoisotopic (exact) mass is 477 g/mol. The molecule has 0 bridgehead atoms. The van der Waals surface area contributed by atoms with Crippen LogP contribution in [-0.4, -0.2) is 46.7 Å². The highest BCUT2D eigenvalue weighted by molar-refractivity contribution is 7.92. The minimum atomic E-state index is -3.95. The van der Waals surface area contributed by atoms with Crippen LogP contribution in [0.1, 0.15) is 20.3 Å². The summed E-state index contributed by atoms with van der Waals surface area (Å²) < 4.78 is 43.5. The van der Waals surface area contributed by atoms with Gasteiger partial charge in [0.25, 0.3) is 11.5 Å². The molecule has 33 heavy (non-hydrogen) atoms. The van der Waals surface area contributed by atoms with E-state index >= 15 is 0 Å². The minimum Gasteiger partial charge on any atom is -0.478 e. The lowest BCUT2D eigenvalue weighted by atomic mass is 10.0. The quantitative estimate of drug-likeness (QED) is 0.376. The SMILES string of the molecule is CCOc1ccc(-c2ccc3c(=O)n(CCC(C)(C(=O)NO)S(C)(=O)=O)cc(F)c3c2)cn1. The Labute approximate surface area is 189 Å². The molecule has 1 atom stereocenters. The van der Waals surface area contributed by atoms with Crippen molar-refractivity contribution >= 4 is 26.5 Å². The van der Waals surface area contributed by atoms with Crippen LogP contribution >= 0.6 is 0 Å². The first kappa shape index (κ1) is 24.3. The lowest BCUT2D eigenvalue weighted by molar-refractivity contribution is -0.131. The number of sulfone groups is 1. The molecule has 2 N–H and O–H groups in total. The van der Waals surface area contributed by atoms with Gasteiger partial charge in [-0.2, -0.15) is 0 Å². The third-order valence-electron chi connectivity index (χ3n) is 5.63. The molecule has 0 saturated heterocycles. The Morgan fingerprint density at radius 1 is 1.24 bits per heavy atom. The van der Waals surface area contributed by atoms with Crippen molar-refractivity contribution in [2.45, 2.75) is 31.6 Å². The number of hydrogen-bond acceptors (Lipinski definition) is 7. The first-order valence-corrected chi connectivity index (χ1v) is 12.0.